The summed E-state index contributed by atoms with van der Waals surface area (Å²) in [6.07, 6.45) is -0.353. The minimum Gasteiger partial charge on any atom is -0.486 e. The summed E-state index contributed by atoms with van der Waals surface area (Å²) in [6.45, 7) is 2.27. The van der Waals surface area contributed by atoms with Crippen molar-refractivity contribution < 1.29 is 19.1 Å². The summed E-state index contributed by atoms with van der Waals surface area (Å²) in [5.74, 6) is 0.104. The quantitative estimate of drug-likeness (QED) is 0.829. The van der Waals surface area contributed by atoms with Crippen LogP contribution in [-0.4, -0.2) is 36.1 Å². The number of nitrogens with zero attached hydrogens (tertiary/aromatic N) is 1. The van der Waals surface area contributed by atoms with Gasteiger partial charge in [0.1, 0.15) is 18.5 Å². The molecule has 0 radical (unpaired) electrons. The Morgan fingerprint density at radius 1 is 1.12 bits per heavy atom. The Kier molecular flexibility index (Phi) is 4.60. The van der Waals surface area contributed by atoms with Crippen LogP contribution in [0.3, 0.4) is 0 Å². The lowest BCUT2D eigenvalue weighted by molar-refractivity contribution is -0.136. The van der Waals surface area contributed by atoms with Crippen LogP contribution < -0.4 is 20.1 Å². The van der Waals surface area contributed by atoms with Crippen LogP contribution >= 0.6 is 0 Å². The maximum atomic E-state index is 11.9. The fraction of sp³-hybridized carbons (Fsp3) is 0.235. The van der Waals surface area contributed by atoms with Gasteiger partial charge in [0.2, 0.25) is 0 Å². The van der Waals surface area contributed by atoms with E-state index >= 15 is 0 Å². The average Bonchev–Trinajstić information content (AvgIpc) is 2.59. The van der Waals surface area contributed by atoms with E-state index in [9.17, 15) is 9.59 Å². The van der Waals surface area contributed by atoms with Gasteiger partial charge in [-0.1, -0.05) is 18.2 Å². The molecule has 1 aliphatic rings. The van der Waals surface area contributed by atoms with Gasteiger partial charge in [0, 0.05) is 5.69 Å². The Hall–Kier alpha value is -3.09. The summed E-state index contributed by atoms with van der Waals surface area (Å²) < 4.78 is 11.3. The molecule has 1 aromatic carbocycles. The van der Waals surface area contributed by atoms with Crippen molar-refractivity contribution in [3.05, 3.63) is 48.2 Å². The number of amides is 2. The number of carbonyl (C=O) groups excluding carboxylic acids is 2. The molecule has 3 rings (SSSR count). The Bertz CT molecular complexity index is 763. The van der Waals surface area contributed by atoms with Crippen molar-refractivity contribution in [2.24, 2.45) is 0 Å². The fourth-order valence-electron chi connectivity index (χ4n) is 2.24. The number of ether oxygens (including phenoxy) is 2. The number of carbonyl (C=O) groups is 2. The van der Waals surface area contributed by atoms with Crippen LogP contribution in [0.4, 0.5) is 5.82 Å². The van der Waals surface area contributed by atoms with Crippen molar-refractivity contribution in [3.63, 3.8) is 0 Å². The van der Waals surface area contributed by atoms with E-state index in [-0.39, 0.29) is 12.6 Å². The average molecular weight is 327 g/mol. The molecule has 1 atom stereocenters. The van der Waals surface area contributed by atoms with Gasteiger partial charge in [0.25, 0.3) is 0 Å². The zero-order chi connectivity index (χ0) is 16.9. The normalized spacial score (nSPS) is 15.5. The summed E-state index contributed by atoms with van der Waals surface area (Å²) in [5.41, 5.74) is 0.750. The van der Waals surface area contributed by atoms with Gasteiger partial charge in [-0.05, 0) is 31.2 Å². The molecule has 2 N–H and O–H groups in total. The Morgan fingerprint density at radius 3 is 2.71 bits per heavy atom. The number of hydrogen-bond acceptors (Lipinski definition) is 5. The van der Waals surface area contributed by atoms with E-state index in [0.29, 0.717) is 23.9 Å². The van der Waals surface area contributed by atoms with Crippen LogP contribution in [0.1, 0.15) is 5.69 Å². The zero-order valence-corrected chi connectivity index (χ0v) is 13.1. The van der Waals surface area contributed by atoms with Gasteiger partial charge in [-0.3, -0.25) is 9.59 Å². The molecule has 1 aliphatic heterocycles. The van der Waals surface area contributed by atoms with E-state index in [1.54, 1.807) is 31.2 Å². The number of aryl methyl sites for hydroxylation is 1. The number of aromatic nitrogens is 1. The molecular weight excluding hydrogens is 310 g/mol. The molecular formula is C17H17N3O4. The first-order chi connectivity index (χ1) is 11.6. The van der Waals surface area contributed by atoms with E-state index in [0.717, 1.165) is 5.69 Å². The molecule has 0 fully saturated rings. The van der Waals surface area contributed by atoms with Crippen LogP contribution in [0, 0.1) is 6.92 Å². The van der Waals surface area contributed by atoms with Gasteiger partial charge in [0.05, 0.1) is 6.54 Å². The number of fused-ring (bicyclic) bond motifs is 1. The van der Waals surface area contributed by atoms with Crippen molar-refractivity contribution in [1.82, 2.24) is 10.3 Å². The molecule has 1 aromatic heterocycles. The van der Waals surface area contributed by atoms with E-state index in [1.807, 2.05) is 18.2 Å². The minimum absolute atomic E-state index is 0.168. The van der Waals surface area contributed by atoms with Gasteiger partial charge in [-0.15, -0.1) is 0 Å². The van der Waals surface area contributed by atoms with E-state index in [2.05, 4.69) is 15.6 Å². The Labute approximate surface area is 139 Å². The van der Waals surface area contributed by atoms with E-state index < -0.39 is 11.8 Å². The highest BCUT2D eigenvalue weighted by molar-refractivity contribution is 6.39. The number of benzene rings is 1. The second-order valence-electron chi connectivity index (χ2n) is 5.33. The molecule has 2 amide bonds. The van der Waals surface area contributed by atoms with Gasteiger partial charge in [-0.2, -0.15) is 0 Å². The molecule has 0 spiro atoms. The lowest BCUT2D eigenvalue weighted by Crippen LogP contribution is -2.44. The highest BCUT2D eigenvalue weighted by Crippen LogP contribution is 2.30. The van der Waals surface area contributed by atoms with Crippen molar-refractivity contribution in [2.75, 3.05) is 18.5 Å². The van der Waals surface area contributed by atoms with Crippen LogP contribution in [0.2, 0.25) is 0 Å². The highest BCUT2D eigenvalue weighted by atomic mass is 16.6. The summed E-state index contributed by atoms with van der Waals surface area (Å²) in [5, 5.41) is 4.99. The van der Waals surface area contributed by atoms with Crippen LogP contribution in [-0.2, 0) is 9.59 Å². The number of pyridine rings is 1. The molecule has 2 heterocycles. The van der Waals surface area contributed by atoms with Crippen molar-refractivity contribution in [2.45, 2.75) is 13.0 Å². The monoisotopic (exact) mass is 327 g/mol. The maximum Gasteiger partial charge on any atom is 0.314 e. The fourth-order valence-corrected chi connectivity index (χ4v) is 2.24. The van der Waals surface area contributed by atoms with Crippen molar-refractivity contribution >= 4 is 17.6 Å². The maximum absolute atomic E-state index is 11.9. The molecule has 2 aromatic rings. The highest BCUT2D eigenvalue weighted by Gasteiger charge is 2.22. The number of rotatable bonds is 3. The molecule has 0 bridgehead atoms. The molecule has 7 nitrogen and oxygen atoms in total. The summed E-state index contributed by atoms with van der Waals surface area (Å²) in [6, 6.07) is 12.5. The van der Waals surface area contributed by atoms with Gasteiger partial charge in [-0.25, -0.2) is 4.98 Å². The standard InChI is InChI=1S/C17H17N3O4/c1-11-5-4-8-15(19-11)20-17(22)16(21)18-9-12-10-23-13-6-2-3-7-14(13)24-12/h2-8,12H,9-10H2,1H3,(H,18,21)(H,19,20,22). The summed E-state index contributed by atoms with van der Waals surface area (Å²) in [7, 11) is 0. The van der Waals surface area contributed by atoms with Crippen LogP contribution in [0.25, 0.3) is 0 Å². The topological polar surface area (TPSA) is 89.6 Å². The predicted octanol–water partition coefficient (Wildman–Crippen LogP) is 1.28. The van der Waals surface area contributed by atoms with Gasteiger partial charge < -0.3 is 20.1 Å². The largest absolute Gasteiger partial charge is 0.486 e. The van der Waals surface area contributed by atoms with Gasteiger partial charge >= 0.3 is 11.8 Å². The SMILES string of the molecule is Cc1cccc(NC(=O)C(=O)NCC2COc3ccccc3O2)n1. The molecule has 1 unspecified atom stereocenters. The number of nitrogens with one attached hydrogen (secondary N) is 2. The van der Waals surface area contributed by atoms with Crippen molar-refractivity contribution in [1.29, 1.82) is 0 Å². The first kappa shape index (κ1) is 15.8. The molecule has 7 heteroatoms. The van der Waals surface area contributed by atoms with Crippen LogP contribution in [0.5, 0.6) is 11.5 Å². The summed E-state index contributed by atoms with van der Waals surface area (Å²) >= 11 is 0. The molecule has 0 aliphatic carbocycles. The molecule has 124 valence electrons. The van der Waals surface area contributed by atoms with Crippen LogP contribution in [0.15, 0.2) is 42.5 Å². The lowest BCUT2D eigenvalue weighted by Gasteiger charge is -2.26. The Balaban J connectivity index is 1.50. The number of hydrogen-bond donors (Lipinski definition) is 2. The number of para-hydroxylation sites is 2. The molecule has 0 saturated carbocycles. The second-order valence-corrected chi connectivity index (χ2v) is 5.33. The van der Waals surface area contributed by atoms with E-state index in [1.165, 1.54) is 0 Å². The summed E-state index contributed by atoms with van der Waals surface area (Å²) in [4.78, 5) is 27.8. The second kappa shape index (κ2) is 6.99. The molecule has 0 saturated heterocycles. The van der Waals surface area contributed by atoms with Gasteiger partial charge in [0.15, 0.2) is 11.5 Å². The Morgan fingerprint density at radius 2 is 1.92 bits per heavy atom. The first-order valence-corrected chi connectivity index (χ1v) is 7.53. The third-order valence-corrected chi connectivity index (χ3v) is 3.39. The van der Waals surface area contributed by atoms with E-state index in [4.69, 9.17) is 9.47 Å². The third kappa shape index (κ3) is 3.81. The van der Waals surface area contributed by atoms with Crippen molar-refractivity contribution in [3.8, 4) is 11.5 Å². The smallest absolute Gasteiger partial charge is 0.314 e. The number of anilines is 1. The third-order valence-electron chi connectivity index (χ3n) is 3.39. The first-order valence-electron chi connectivity index (χ1n) is 7.53. The zero-order valence-electron chi connectivity index (χ0n) is 13.1. The predicted molar refractivity (Wildman–Crippen MR) is 87.0 cm³/mol. The lowest BCUT2D eigenvalue weighted by atomic mass is 10.2. The molecule has 24 heavy (non-hydrogen) atoms. The minimum atomic E-state index is -0.773.